The number of nitrogens with one attached hydrogen (secondary N) is 2. The molecular weight excluding hydrogens is 362 g/mol. The monoisotopic (exact) mass is 389 g/mol. The topological polar surface area (TPSA) is 97.8 Å². The quantitative estimate of drug-likeness (QED) is 0.672. The van der Waals surface area contributed by atoms with Crippen molar-refractivity contribution < 1.29 is 19.0 Å². The van der Waals surface area contributed by atoms with E-state index in [-0.39, 0.29) is 11.6 Å². The molecule has 0 unspecified atom stereocenters. The predicted octanol–water partition coefficient (Wildman–Crippen LogP) is 2.04. The van der Waals surface area contributed by atoms with Gasteiger partial charge in [-0.15, -0.1) is 0 Å². The van der Waals surface area contributed by atoms with Gasteiger partial charge < -0.3 is 29.7 Å². The van der Waals surface area contributed by atoms with Crippen molar-refractivity contribution >= 4 is 17.4 Å². The minimum atomic E-state index is -0.365. The molecule has 1 heterocycles. The van der Waals surface area contributed by atoms with E-state index in [1.165, 1.54) is 21.3 Å². The number of nitrogens with zero attached hydrogens (tertiary/aromatic N) is 3. The number of methoxy groups -OCH3 is 3. The summed E-state index contributed by atoms with van der Waals surface area (Å²) < 4.78 is 15.9. The van der Waals surface area contributed by atoms with Crippen LogP contribution in [0.15, 0.2) is 18.2 Å². The van der Waals surface area contributed by atoms with E-state index in [2.05, 4.69) is 25.5 Å². The molecule has 0 aliphatic carbocycles. The maximum Gasteiger partial charge on any atom is 0.274 e. The lowest BCUT2D eigenvalue weighted by atomic mass is 10.2. The molecule has 0 aliphatic rings. The minimum Gasteiger partial charge on any atom is -0.493 e. The van der Waals surface area contributed by atoms with E-state index in [1.807, 2.05) is 14.1 Å². The van der Waals surface area contributed by atoms with Crippen LogP contribution in [0, 0.1) is 6.92 Å². The zero-order valence-corrected chi connectivity index (χ0v) is 17.1. The highest BCUT2D eigenvalue weighted by Gasteiger charge is 2.16. The van der Waals surface area contributed by atoms with Crippen molar-refractivity contribution in [1.82, 2.24) is 14.9 Å². The molecule has 2 aromatic rings. The Morgan fingerprint density at radius 3 is 2.21 bits per heavy atom. The molecule has 0 aliphatic heterocycles. The van der Waals surface area contributed by atoms with Crippen LogP contribution in [0.2, 0.25) is 0 Å². The number of carbonyl (C=O) groups excluding carboxylic acids is 1. The van der Waals surface area contributed by atoms with Crippen molar-refractivity contribution in [2.75, 3.05) is 59.1 Å². The number of anilines is 2. The summed E-state index contributed by atoms with van der Waals surface area (Å²) in [4.78, 5) is 23.3. The van der Waals surface area contributed by atoms with E-state index in [0.717, 1.165) is 6.54 Å². The number of hydrogen-bond donors (Lipinski definition) is 2. The van der Waals surface area contributed by atoms with Gasteiger partial charge in [0, 0.05) is 37.0 Å². The van der Waals surface area contributed by atoms with Gasteiger partial charge in [0.2, 0.25) is 5.75 Å². The second-order valence-electron chi connectivity index (χ2n) is 6.28. The fourth-order valence-corrected chi connectivity index (χ4v) is 2.53. The number of rotatable bonds is 9. The number of aromatic nitrogens is 2. The van der Waals surface area contributed by atoms with Crippen LogP contribution < -0.4 is 24.8 Å². The second kappa shape index (κ2) is 9.75. The third-order valence-electron chi connectivity index (χ3n) is 3.86. The standard InChI is InChI=1S/C19H27N5O4/c1-12-21-14(11-17(22-12)20-7-8-24(2)3)19(25)23-13-9-15(26-4)18(28-6)16(10-13)27-5/h9-11H,7-8H2,1-6H3,(H,23,25)(H,20,21,22). The van der Waals surface area contributed by atoms with Crippen LogP contribution in [0.25, 0.3) is 0 Å². The summed E-state index contributed by atoms with van der Waals surface area (Å²) in [6, 6.07) is 4.93. The van der Waals surface area contributed by atoms with Crippen LogP contribution in [0.4, 0.5) is 11.5 Å². The summed E-state index contributed by atoms with van der Waals surface area (Å²) in [5.74, 6) is 2.09. The van der Waals surface area contributed by atoms with Crippen LogP contribution in [0.5, 0.6) is 17.2 Å². The minimum absolute atomic E-state index is 0.258. The Balaban J connectivity index is 2.21. The highest BCUT2D eigenvalue weighted by Crippen LogP contribution is 2.40. The third kappa shape index (κ3) is 5.46. The number of carbonyl (C=O) groups is 1. The van der Waals surface area contributed by atoms with Crippen LogP contribution >= 0.6 is 0 Å². The van der Waals surface area contributed by atoms with Gasteiger partial charge >= 0.3 is 0 Å². The molecule has 2 rings (SSSR count). The molecule has 1 aromatic heterocycles. The molecule has 2 N–H and O–H groups in total. The molecule has 0 atom stereocenters. The van der Waals surface area contributed by atoms with Gasteiger partial charge in [0.25, 0.3) is 5.91 Å². The van der Waals surface area contributed by atoms with Crippen molar-refractivity contribution in [3.63, 3.8) is 0 Å². The van der Waals surface area contributed by atoms with Crippen molar-refractivity contribution in [3.05, 3.63) is 29.7 Å². The SMILES string of the molecule is COc1cc(NC(=O)c2cc(NCCN(C)C)nc(C)n2)cc(OC)c1OC. The fraction of sp³-hybridized carbons (Fsp3) is 0.421. The van der Waals surface area contributed by atoms with E-state index < -0.39 is 0 Å². The van der Waals surface area contributed by atoms with E-state index in [9.17, 15) is 4.79 Å². The lowest BCUT2D eigenvalue weighted by Crippen LogP contribution is -2.22. The summed E-state index contributed by atoms with van der Waals surface area (Å²) >= 11 is 0. The van der Waals surface area contributed by atoms with Crippen molar-refractivity contribution in [1.29, 1.82) is 0 Å². The van der Waals surface area contributed by atoms with Gasteiger partial charge in [-0.2, -0.15) is 0 Å². The molecule has 152 valence electrons. The largest absolute Gasteiger partial charge is 0.493 e. The van der Waals surface area contributed by atoms with Crippen LogP contribution in [-0.4, -0.2) is 69.3 Å². The van der Waals surface area contributed by atoms with E-state index in [4.69, 9.17) is 14.2 Å². The molecular formula is C19H27N5O4. The number of ether oxygens (including phenoxy) is 3. The maximum absolute atomic E-state index is 12.7. The Morgan fingerprint density at radius 1 is 1.04 bits per heavy atom. The normalized spacial score (nSPS) is 10.5. The van der Waals surface area contributed by atoms with Gasteiger partial charge in [0.05, 0.1) is 21.3 Å². The zero-order chi connectivity index (χ0) is 20.7. The van der Waals surface area contributed by atoms with Gasteiger partial charge in [-0.1, -0.05) is 0 Å². The molecule has 1 aromatic carbocycles. The first-order chi connectivity index (χ1) is 13.4. The van der Waals surface area contributed by atoms with Gasteiger partial charge in [-0.05, 0) is 21.0 Å². The average Bonchev–Trinajstić information content (AvgIpc) is 2.66. The van der Waals surface area contributed by atoms with E-state index in [0.29, 0.717) is 41.1 Å². The van der Waals surface area contributed by atoms with Crippen molar-refractivity contribution in [3.8, 4) is 17.2 Å². The first-order valence-electron chi connectivity index (χ1n) is 8.73. The number of amides is 1. The summed E-state index contributed by atoms with van der Waals surface area (Å²) in [5, 5.41) is 6.01. The lowest BCUT2D eigenvalue weighted by molar-refractivity contribution is 0.102. The van der Waals surface area contributed by atoms with Gasteiger partial charge in [0.15, 0.2) is 11.5 Å². The van der Waals surface area contributed by atoms with Gasteiger partial charge in [0.1, 0.15) is 17.3 Å². The highest BCUT2D eigenvalue weighted by atomic mass is 16.5. The number of benzene rings is 1. The van der Waals surface area contributed by atoms with Gasteiger partial charge in [-0.3, -0.25) is 4.79 Å². The first-order valence-corrected chi connectivity index (χ1v) is 8.73. The van der Waals surface area contributed by atoms with Crippen molar-refractivity contribution in [2.24, 2.45) is 0 Å². The molecule has 0 saturated carbocycles. The lowest BCUT2D eigenvalue weighted by Gasteiger charge is -2.15. The Labute approximate surface area is 165 Å². The second-order valence-corrected chi connectivity index (χ2v) is 6.28. The Hall–Kier alpha value is -3.07. The summed E-state index contributed by atoms with van der Waals surface area (Å²) in [5.41, 5.74) is 0.756. The molecule has 0 bridgehead atoms. The molecule has 28 heavy (non-hydrogen) atoms. The smallest absolute Gasteiger partial charge is 0.274 e. The van der Waals surface area contributed by atoms with Crippen LogP contribution in [0.3, 0.4) is 0 Å². The van der Waals surface area contributed by atoms with Crippen LogP contribution in [0.1, 0.15) is 16.3 Å². The van der Waals surface area contributed by atoms with E-state index >= 15 is 0 Å². The summed E-state index contributed by atoms with van der Waals surface area (Å²) in [6.45, 7) is 3.29. The predicted molar refractivity (Wildman–Crippen MR) is 108 cm³/mol. The molecule has 0 fully saturated rings. The fourth-order valence-electron chi connectivity index (χ4n) is 2.53. The Kier molecular flexibility index (Phi) is 7.39. The first kappa shape index (κ1) is 21.2. The number of aryl methyl sites for hydroxylation is 1. The maximum atomic E-state index is 12.7. The zero-order valence-electron chi connectivity index (χ0n) is 17.1. The summed E-state index contributed by atoms with van der Waals surface area (Å²) in [7, 11) is 8.53. The Morgan fingerprint density at radius 2 is 1.68 bits per heavy atom. The van der Waals surface area contributed by atoms with E-state index in [1.54, 1.807) is 25.1 Å². The third-order valence-corrected chi connectivity index (χ3v) is 3.86. The van der Waals surface area contributed by atoms with Gasteiger partial charge in [-0.25, -0.2) is 9.97 Å². The molecule has 0 spiro atoms. The molecule has 1 amide bonds. The molecule has 0 saturated heterocycles. The number of likely N-dealkylation sites (N-methyl/N-ethyl adjacent to an activating group) is 1. The Bertz CT molecular complexity index is 801. The summed E-state index contributed by atoms with van der Waals surface area (Å²) in [6.07, 6.45) is 0. The highest BCUT2D eigenvalue weighted by molar-refractivity contribution is 6.03. The average molecular weight is 389 g/mol. The van der Waals surface area contributed by atoms with Crippen LogP contribution in [-0.2, 0) is 0 Å². The van der Waals surface area contributed by atoms with Crippen molar-refractivity contribution in [2.45, 2.75) is 6.92 Å². The molecule has 9 heteroatoms. The molecule has 9 nitrogen and oxygen atoms in total. The molecule has 0 radical (unpaired) electrons. The number of hydrogen-bond acceptors (Lipinski definition) is 8.